The first-order valence-electron chi connectivity index (χ1n) is 8.17. The highest BCUT2D eigenvalue weighted by molar-refractivity contribution is 6.32. The van der Waals surface area contributed by atoms with Gasteiger partial charge >= 0.3 is 0 Å². The summed E-state index contributed by atoms with van der Waals surface area (Å²) in [7, 11) is 3.49. The molecule has 0 bridgehead atoms. The fraction of sp³-hybridized carbons (Fsp3) is 0.235. The zero-order valence-electron chi connectivity index (χ0n) is 15.1. The van der Waals surface area contributed by atoms with Crippen molar-refractivity contribution in [2.45, 2.75) is 13.3 Å². The van der Waals surface area contributed by atoms with Crippen molar-refractivity contribution >= 4 is 23.2 Å². The molecule has 0 radical (unpaired) electrons. The molecule has 1 amide bonds. The predicted molar refractivity (Wildman–Crippen MR) is 100.0 cm³/mol. The van der Waals surface area contributed by atoms with Gasteiger partial charge in [0.05, 0.1) is 22.2 Å². The molecule has 2 aromatic heterocycles. The highest BCUT2D eigenvalue weighted by atomic mass is 35.5. The van der Waals surface area contributed by atoms with E-state index in [-0.39, 0.29) is 34.8 Å². The van der Waals surface area contributed by atoms with E-state index in [1.807, 2.05) is 13.1 Å². The summed E-state index contributed by atoms with van der Waals surface area (Å²) in [6, 6.07) is 7.35. The highest BCUT2D eigenvalue weighted by Gasteiger charge is 2.17. The minimum atomic E-state index is -0.539. The van der Waals surface area contributed by atoms with Crippen molar-refractivity contribution in [3.05, 3.63) is 69.3 Å². The molecular weight excluding hydrogens is 388 g/mol. The van der Waals surface area contributed by atoms with Crippen LogP contribution in [0.3, 0.4) is 0 Å². The van der Waals surface area contributed by atoms with Crippen molar-refractivity contribution < 1.29 is 14.5 Å². The number of amides is 1. The molecule has 0 aliphatic carbocycles. The molecule has 0 saturated carbocycles. The van der Waals surface area contributed by atoms with E-state index in [4.69, 9.17) is 16.3 Å². The molecule has 0 fully saturated rings. The lowest BCUT2D eigenvalue weighted by Gasteiger charge is -2.15. The normalized spacial score (nSPS) is 10.7. The molecule has 0 aliphatic rings. The minimum absolute atomic E-state index is 0.00371. The van der Waals surface area contributed by atoms with Crippen LogP contribution in [0.4, 0.5) is 5.69 Å². The summed E-state index contributed by atoms with van der Waals surface area (Å²) in [6.07, 6.45) is 3.27. The Kier molecular flexibility index (Phi) is 5.59. The van der Waals surface area contributed by atoms with E-state index in [1.165, 1.54) is 27.8 Å². The van der Waals surface area contributed by atoms with Crippen LogP contribution >= 0.6 is 11.6 Å². The van der Waals surface area contributed by atoms with Crippen molar-refractivity contribution in [2.75, 3.05) is 7.05 Å². The maximum absolute atomic E-state index is 12.5. The summed E-state index contributed by atoms with van der Waals surface area (Å²) in [5.41, 5.74) is 1.04. The topological polar surface area (TPSA) is 108 Å². The predicted octanol–water partition coefficient (Wildman–Crippen LogP) is 2.49. The van der Waals surface area contributed by atoms with Crippen LogP contribution in [-0.4, -0.2) is 42.3 Å². The first-order valence-corrected chi connectivity index (χ1v) is 8.55. The van der Waals surface area contributed by atoms with Gasteiger partial charge in [0, 0.05) is 38.6 Å². The second-order valence-electron chi connectivity index (χ2n) is 5.99. The molecule has 3 rings (SSSR count). The molecule has 10 nitrogen and oxygen atoms in total. The van der Waals surface area contributed by atoms with E-state index in [1.54, 1.807) is 30.2 Å². The number of hydrogen-bond acceptors (Lipinski definition) is 6. The van der Waals surface area contributed by atoms with Gasteiger partial charge in [0.25, 0.3) is 11.6 Å². The number of carbonyl (C=O) groups excluding carboxylic acids is 1. The Hall–Kier alpha value is -3.40. The lowest BCUT2D eigenvalue weighted by Crippen LogP contribution is -2.27. The third kappa shape index (κ3) is 4.29. The van der Waals surface area contributed by atoms with Gasteiger partial charge in [-0.2, -0.15) is 10.2 Å². The van der Waals surface area contributed by atoms with Crippen molar-refractivity contribution in [1.82, 2.24) is 24.5 Å². The van der Waals surface area contributed by atoms with Crippen LogP contribution in [0.25, 0.3) is 0 Å². The van der Waals surface area contributed by atoms with Gasteiger partial charge in [-0.3, -0.25) is 19.6 Å². The molecule has 11 heteroatoms. The van der Waals surface area contributed by atoms with E-state index >= 15 is 0 Å². The number of carbonyl (C=O) groups is 1. The Bertz CT molecular complexity index is 1010. The summed E-state index contributed by atoms with van der Waals surface area (Å²) >= 11 is 5.99. The fourth-order valence-electron chi connectivity index (χ4n) is 2.47. The molecule has 0 N–H and O–H groups in total. The number of nitro benzene ring substituents is 1. The zero-order valence-corrected chi connectivity index (χ0v) is 15.9. The molecule has 0 spiro atoms. The number of benzene rings is 1. The van der Waals surface area contributed by atoms with Crippen LogP contribution in [0.5, 0.6) is 5.75 Å². The molecule has 0 saturated heterocycles. The van der Waals surface area contributed by atoms with Gasteiger partial charge in [-0.05, 0) is 18.2 Å². The Balaban J connectivity index is 1.61. The summed E-state index contributed by atoms with van der Waals surface area (Å²) < 4.78 is 8.65. The van der Waals surface area contributed by atoms with Gasteiger partial charge in [0.15, 0.2) is 12.4 Å². The average molecular weight is 405 g/mol. The van der Waals surface area contributed by atoms with Crippen LogP contribution in [0.15, 0.2) is 42.7 Å². The van der Waals surface area contributed by atoms with Crippen LogP contribution < -0.4 is 4.74 Å². The van der Waals surface area contributed by atoms with Gasteiger partial charge in [-0.25, -0.2) is 4.68 Å². The van der Waals surface area contributed by atoms with Crippen molar-refractivity contribution in [2.24, 2.45) is 7.05 Å². The Morgan fingerprint density at radius 2 is 2.14 bits per heavy atom. The fourth-order valence-corrected chi connectivity index (χ4v) is 2.70. The van der Waals surface area contributed by atoms with Gasteiger partial charge < -0.3 is 9.64 Å². The molecule has 3 aromatic rings. The molecule has 0 atom stereocenters. The third-order valence-corrected chi connectivity index (χ3v) is 4.30. The molecule has 1 aromatic carbocycles. The van der Waals surface area contributed by atoms with E-state index in [2.05, 4.69) is 10.2 Å². The van der Waals surface area contributed by atoms with Crippen molar-refractivity contribution in [1.29, 1.82) is 0 Å². The summed E-state index contributed by atoms with van der Waals surface area (Å²) in [6.45, 7) is 0.396. The van der Waals surface area contributed by atoms with E-state index < -0.39 is 4.92 Å². The summed E-state index contributed by atoms with van der Waals surface area (Å²) in [5, 5.41) is 19.1. The number of hydrogen-bond donors (Lipinski definition) is 0. The standard InChI is InChI=1S/C17H17ClN6O4/c1-21(10-13-5-7-19-22(13)2)17(25)15-6-8-23(20-15)11-28-16-4-3-12(24(26)27)9-14(16)18/h3-9H,10-11H2,1-2H3. The number of halogens is 1. The SMILES string of the molecule is CN(Cc1ccnn1C)C(=O)c1ccn(COc2ccc([N+](=O)[O-])cc2Cl)n1. The van der Waals surface area contributed by atoms with E-state index in [0.717, 1.165) is 5.69 Å². The summed E-state index contributed by atoms with van der Waals surface area (Å²) in [4.78, 5) is 24.3. The van der Waals surface area contributed by atoms with Gasteiger partial charge in [-0.15, -0.1) is 0 Å². The van der Waals surface area contributed by atoms with Gasteiger partial charge in [-0.1, -0.05) is 11.6 Å². The van der Waals surface area contributed by atoms with Crippen LogP contribution in [0.2, 0.25) is 5.02 Å². The number of non-ortho nitro benzene ring substituents is 1. The molecular formula is C17H17ClN6O4. The number of nitrogens with zero attached hydrogens (tertiary/aromatic N) is 6. The number of ether oxygens (including phenoxy) is 1. The van der Waals surface area contributed by atoms with Crippen molar-refractivity contribution in [3.63, 3.8) is 0 Å². The smallest absolute Gasteiger partial charge is 0.274 e. The first-order chi connectivity index (χ1) is 13.3. The second kappa shape index (κ2) is 8.09. The van der Waals surface area contributed by atoms with Gasteiger partial charge in [0.2, 0.25) is 0 Å². The number of nitro groups is 1. The van der Waals surface area contributed by atoms with E-state index in [9.17, 15) is 14.9 Å². The lowest BCUT2D eigenvalue weighted by atomic mass is 10.3. The number of rotatable bonds is 7. The molecule has 0 aliphatic heterocycles. The second-order valence-corrected chi connectivity index (χ2v) is 6.40. The van der Waals surface area contributed by atoms with Crippen LogP contribution in [0, 0.1) is 10.1 Å². The summed E-state index contributed by atoms with van der Waals surface area (Å²) in [5.74, 6) is 0.0392. The first kappa shape index (κ1) is 19.4. The van der Waals surface area contributed by atoms with Crippen LogP contribution in [0.1, 0.15) is 16.2 Å². The quantitative estimate of drug-likeness (QED) is 0.442. The molecule has 28 heavy (non-hydrogen) atoms. The van der Waals surface area contributed by atoms with E-state index in [0.29, 0.717) is 6.54 Å². The Morgan fingerprint density at radius 1 is 1.36 bits per heavy atom. The number of aryl methyl sites for hydroxylation is 1. The van der Waals surface area contributed by atoms with Crippen molar-refractivity contribution in [3.8, 4) is 5.75 Å². The minimum Gasteiger partial charge on any atom is -0.470 e. The molecule has 0 unspecified atom stereocenters. The lowest BCUT2D eigenvalue weighted by molar-refractivity contribution is -0.384. The van der Waals surface area contributed by atoms with Gasteiger partial charge in [0.1, 0.15) is 5.75 Å². The number of aromatic nitrogens is 4. The zero-order chi connectivity index (χ0) is 20.3. The monoisotopic (exact) mass is 404 g/mol. The molecule has 146 valence electrons. The highest BCUT2D eigenvalue weighted by Crippen LogP contribution is 2.28. The molecule has 2 heterocycles. The Labute approximate surface area is 165 Å². The largest absolute Gasteiger partial charge is 0.470 e. The third-order valence-electron chi connectivity index (χ3n) is 4.01. The maximum atomic E-state index is 12.5. The Morgan fingerprint density at radius 3 is 2.79 bits per heavy atom. The maximum Gasteiger partial charge on any atom is 0.274 e. The average Bonchev–Trinajstić information content (AvgIpc) is 3.29. The van der Waals surface area contributed by atoms with Crippen LogP contribution in [-0.2, 0) is 20.3 Å².